The SMILES string of the molecule is C/C=C(C)\C=C(/C(C)=NC)c1ccccc1. The van der Waals surface area contributed by atoms with Crippen LogP contribution in [-0.2, 0) is 0 Å². The van der Waals surface area contributed by atoms with Crippen molar-refractivity contribution in [3.05, 3.63) is 53.6 Å². The fraction of sp³-hybridized carbons (Fsp3) is 0.267. The Balaban J connectivity index is 3.23. The monoisotopic (exact) mass is 213 g/mol. The van der Waals surface area contributed by atoms with E-state index in [1.165, 1.54) is 16.7 Å². The summed E-state index contributed by atoms with van der Waals surface area (Å²) in [5.41, 5.74) is 4.72. The lowest BCUT2D eigenvalue weighted by Gasteiger charge is -2.07. The first-order valence-corrected chi connectivity index (χ1v) is 5.52. The van der Waals surface area contributed by atoms with Crippen LogP contribution < -0.4 is 0 Å². The molecule has 84 valence electrons. The quantitative estimate of drug-likeness (QED) is 0.529. The molecule has 0 amide bonds. The van der Waals surface area contributed by atoms with Crippen LogP contribution in [0, 0.1) is 0 Å². The Morgan fingerprint density at radius 3 is 2.25 bits per heavy atom. The summed E-state index contributed by atoms with van der Waals surface area (Å²) in [4.78, 5) is 4.27. The van der Waals surface area contributed by atoms with E-state index in [1.54, 1.807) is 0 Å². The molecule has 0 saturated heterocycles. The van der Waals surface area contributed by atoms with Crippen molar-refractivity contribution in [3.63, 3.8) is 0 Å². The number of allylic oxidation sites excluding steroid dienone is 4. The highest BCUT2D eigenvalue weighted by Crippen LogP contribution is 2.18. The van der Waals surface area contributed by atoms with E-state index in [0.29, 0.717) is 0 Å². The Morgan fingerprint density at radius 2 is 1.75 bits per heavy atom. The van der Waals surface area contributed by atoms with Crippen molar-refractivity contribution >= 4 is 11.3 Å². The average molecular weight is 213 g/mol. The minimum Gasteiger partial charge on any atom is -0.293 e. The summed E-state index contributed by atoms with van der Waals surface area (Å²) in [7, 11) is 1.83. The minimum absolute atomic E-state index is 1.06. The molecule has 0 radical (unpaired) electrons. The second-order valence-corrected chi connectivity index (χ2v) is 3.77. The molecule has 0 aliphatic rings. The molecule has 1 rings (SSSR count). The Labute approximate surface area is 98.2 Å². The normalized spacial score (nSPS) is 14.1. The van der Waals surface area contributed by atoms with Gasteiger partial charge >= 0.3 is 0 Å². The molecule has 0 bridgehead atoms. The summed E-state index contributed by atoms with van der Waals surface area (Å²) in [6.45, 7) is 6.19. The molecule has 0 atom stereocenters. The van der Waals surface area contributed by atoms with Gasteiger partial charge in [-0.05, 0) is 32.4 Å². The van der Waals surface area contributed by atoms with Crippen LogP contribution in [0.3, 0.4) is 0 Å². The zero-order valence-electron chi connectivity index (χ0n) is 10.5. The third kappa shape index (κ3) is 3.20. The lowest BCUT2D eigenvalue weighted by atomic mass is 9.99. The van der Waals surface area contributed by atoms with Crippen molar-refractivity contribution in [1.82, 2.24) is 0 Å². The number of hydrogen-bond donors (Lipinski definition) is 0. The maximum absolute atomic E-state index is 4.27. The van der Waals surface area contributed by atoms with Crippen LogP contribution in [0.4, 0.5) is 0 Å². The van der Waals surface area contributed by atoms with Gasteiger partial charge in [-0.3, -0.25) is 4.99 Å². The minimum atomic E-state index is 1.06. The van der Waals surface area contributed by atoms with Gasteiger partial charge in [0.1, 0.15) is 0 Å². The summed E-state index contributed by atoms with van der Waals surface area (Å²) >= 11 is 0. The van der Waals surface area contributed by atoms with Crippen LogP contribution in [0.25, 0.3) is 5.57 Å². The molecule has 0 aromatic heterocycles. The second-order valence-electron chi connectivity index (χ2n) is 3.77. The van der Waals surface area contributed by atoms with Crippen LogP contribution in [0.5, 0.6) is 0 Å². The van der Waals surface area contributed by atoms with Crippen molar-refractivity contribution in [2.24, 2.45) is 4.99 Å². The first-order chi connectivity index (χ1) is 7.69. The van der Waals surface area contributed by atoms with E-state index in [4.69, 9.17) is 0 Å². The van der Waals surface area contributed by atoms with Gasteiger partial charge in [0.25, 0.3) is 0 Å². The molecule has 1 aromatic carbocycles. The number of rotatable bonds is 3. The maximum Gasteiger partial charge on any atom is 0.0392 e. The number of hydrogen-bond acceptors (Lipinski definition) is 1. The third-order valence-electron chi connectivity index (χ3n) is 2.64. The zero-order valence-corrected chi connectivity index (χ0v) is 10.5. The molecule has 1 nitrogen and oxygen atoms in total. The van der Waals surface area contributed by atoms with Gasteiger partial charge in [0.2, 0.25) is 0 Å². The van der Waals surface area contributed by atoms with E-state index in [0.717, 1.165) is 5.71 Å². The predicted molar refractivity (Wildman–Crippen MR) is 72.9 cm³/mol. The molecule has 16 heavy (non-hydrogen) atoms. The molecule has 1 heteroatoms. The first-order valence-electron chi connectivity index (χ1n) is 5.52. The number of nitrogens with zero attached hydrogens (tertiary/aromatic N) is 1. The molecular formula is C15H19N. The Kier molecular flexibility index (Phi) is 4.71. The van der Waals surface area contributed by atoms with Crippen molar-refractivity contribution in [3.8, 4) is 0 Å². The van der Waals surface area contributed by atoms with E-state index >= 15 is 0 Å². The fourth-order valence-electron chi connectivity index (χ4n) is 1.45. The van der Waals surface area contributed by atoms with Crippen molar-refractivity contribution < 1.29 is 0 Å². The lowest BCUT2D eigenvalue weighted by molar-refractivity contribution is 1.42. The van der Waals surface area contributed by atoms with Gasteiger partial charge in [0.05, 0.1) is 0 Å². The van der Waals surface area contributed by atoms with Crippen molar-refractivity contribution in [2.75, 3.05) is 7.05 Å². The lowest BCUT2D eigenvalue weighted by Crippen LogP contribution is -1.97. The Bertz CT molecular complexity index is 422. The molecule has 1 aromatic rings. The average Bonchev–Trinajstić information content (AvgIpc) is 2.35. The third-order valence-corrected chi connectivity index (χ3v) is 2.64. The van der Waals surface area contributed by atoms with Crippen LogP contribution in [0.2, 0.25) is 0 Å². The summed E-state index contributed by atoms with van der Waals surface area (Å²) in [5, 5.41) is 0. The largest absolute Gasteiger partial charge is 0.293 e. The fourth-order valence-corrected chi connectivity index (χ4v) is 1.45. The first kappa shape index (κ1) is 12.4. The summed E-state index contributed by atoms with van der Waals surface area (Å²) in [6.07, 6.45) is 4.28. The molecule has 0 spiro atoms. The van der Waals surface area contributed by atoms with Gasteiger partial charge in [0, 0.05) is 18.3 Å². The molecule has 0 unspecified atom stereocenters. The zero-order chi connectivity index (χ0) is 12.0. The van der Waals surface area contributed by atoms with E-state index in [2.05, 4.69) is 48.3 Å². The summed E-state index contributed by atoms with van der Waals surface area (Å²) < 4.78 is 0. The van der Waals surface area contributed by atoms with Gasteiger partial charge in [-0.15, -0.1) is 0 Å². The second kappa shape index (κ2) is 6.06. The van der Waals surface area contributed by atoms with Crippen LogP contribution in [-0.4, -0.2) is 12.8 Å². The van der Waals surface area contributed by atoms with Crippen molar-refractivity contribution in [2.45, 2.75) is 20.8 Å². The van der Waals surface area contributed by atoms with Crippen LogP contribution in [0.1, 0.15) is 26.3 Å². The standard InChI is InChI=1S/C15H19N/c1-5-12(2)11-15(13(3)16-4)14-9-7-6-8-10-14/h5-11H,1-4H3/b12-5-,15-11+,16-13?. The Hall–Kier alpha value is -1.63. The van der Waals surface area contributed by atoms with Gasteiger partial charge in [-0.1, -0.05) is 42.0 Å². The predicted octanol–water partition coefficient (Wildman–Crippen LogP) is 4.13. The van der Waals surface area contributed by atoms with Crippen LogP contribution in [0.15, 0.2) is 53.0 Å². The van der Waals surface area contributed by atoms with Crippen LogP contribution >= 0.6 is 0 Å². The van der Waals surface area contributed by atoms with Gasteiger partial charge in [-0.2, -0.15) is 0 Å². The van der Waals surface area contributed by atoms with Gasteiger partial charge in [0.15, 0.2) is 0 Å². The van der Waals surface area contributed by atoms with E-state index < -0.39 is 0 Å². The molecule has 0 saturated carbocycles. The number of aliphatic imine (C=N–C) groups is 1. The Morgan fingerprint density at radius 1 is 1.12 bits per heavy atom. The highest BCUT2D eigenvalue weighted by molar-refractivity contribution is 6.23. The smallest absolute Gasteiger partial charge is 0.0392 e. The van der Waals surface area contributed by atoms with E-state index in [-0.39, 0.29) is 0 Å². The number of benzene rings is 1. The molecule has 0 heterocycles. The highest BCUT2D eigenvalue weighted by atomic mass is 14.7. The van der Waals surface area contributed by atoms with Crippen molar-refractivity contribution in [1.29, 1.82) is 0 Å². The summed E-state index contributed by atoms with van der Waals surface area (Å²) in [5.74, 6) is 0. The topological polar surface area (TPSA) is 12.4 Å². The van der Waals surface area contributed by atoms with E-state index in [9.17, 15) is 0 Å². The molecule has 0 fully saturated rings. The highest BCUT2D eigenvalue weighted by Gasteiger charge is 2.03. The molecule has 0 aliphatic carbocycles. The van der Waals surface area contributed by atoms with E-state index in [1.807, 2.05) is 27.0 Å². The molecule has 0 aliphatic heterocycles. The summed E-state index contributed by atoms with van der Waals surface area (Å²) in [6, 6.07) is 10.4. The maximum atomic E-state index is 4.27. The molecule has 0 N–H and O–H groups in total. The molecular weight excluding hydrogens is 194 g/mol. The van der Waals surface area contributed by atoms with Gasteiger partial charge < -0.3 is 0 Å². The van der Waals surface area contributed by atoms with Gasteiger partial charge in [-0.25, -0.2) is 0 Å².